The number of rotatable bonds is 15. The zero-order valence-electron chi connectivity index (χ0n) is 27.8. The van der Waals surface area contributed by atoms with Gasteiger partial charge < -0.3 is 24.8 Å². The number of aliphatic hydroxyl groups is 3. The Morgan fingerprint density at radius 3 is 2.07 bits per heavy atom. The van der Waals surface area contributed by atoms with E-state index in [1.54, 1.807) is 26.0 Å². The van der Waals surface area contributed by atoms with Gasteiger partial charge in [0.1, 0.15) is 11.7 Å². The van der Waals surface area contributed by atoms with Crippen LogP contribution in [0.5, 0.6) is 0 Å². The number of fused-ring (bicyclic) bond motifs is 5. The van der Waals surface area contributed by atoms with Gasteiger partial charge in [0, 0.05) is 48.9 Å². The van der Waals surface area contributed by atoms with E-state index in [1.807, 2.05) is 13.8 Å². The van der Waals surface area contributed by atoms with Gasteiger partial charge in [0.2, 0.25) is 0 Å². The Kier molecular flexibility index (Phi) is 10.6. The molecule has 0 radical (unpaired) electrons. The van der Waals surface area contributed by atoms with Crippen LogP contribution in [-0.4, -0.2) is 62.6 Å². The minimum atomic E-state index is -1.93. The average molecular weight is 617 g/mol. The fraction of sp³-hybridized carbons (Fsp3) is 0.806. The van der Waals surface area contributed by atoms with Gasteiger partial charge in [-0.2, -0.15) is 0 Å². The third kappa shape index (κ3) is 5.84. The normalized spacial score (nSPS) is 36.8. The van der Waals surface area contributed by atoms with Crippen molar-refractivity contribution >= 4 is 17.7 Å². The Bertz CT molecular complexity index is 1150. The van der Waals surface area contributed by atoms with Crippen LogP contribution in [-0.2, 0) is 23.9 Å². The number of esters is 2. The van der Waals surface area contributed by atoms with Crippen molar-refractivity contribution in [3.05, 3.63) is 23.3 Å². The molecule has 0 saturated heterocycles. The summed E-state index contributed by atoms with van der Waals surface area (Å²) in [6, 6.07) is 0. The highest BCUT2D eigenvalue weighted by molar-refractivity contribution is 6.04. The lowest BCUT2D eigenvalue weighted by molar-refractivity contribution is -0.228. The molecule has 8 heteroatoms. The number of ketones is 1. The molecule has 0 aromatic carbocycles. The van der Waals surface area contributed by atoms with Crippen LogP contribution in [0.2, 0.25) is 0 Å². The van der Waals surface area contributed by atoms with Crippen LogP contribution in [0, 0.1) is 29.1 Å². The molecule has 0 aliphatic heterocycles. The van der Waals surface area contributed by atoms with Crippen LogP contribution < -0.4 is 0 Å². The van der Waals surface area contributed by atoms with Gasteiger partial charge in [-0.25, -0.2) is 0 Å². The van der Waals surface area contributed by atoms with Gasteiger partial charge in [-0.05, 0) is 24.5 Å². The number of Topliss-reactive ketones (excluding diaryl/α,β-unsaturated/α-hetero) is 1. The lowest BCUT2D eigenvalue weighted by atomic mass is 9.59. The van der Waals surface area contributed by atoms with Gasteiger partial charge in [-0.3, -0.25) is 14.4 Å². The summed E-state index contributed by atoms with van der Waals surface area (Å²) in [6.45, 7) is 10.4. The molecule has 4 aliphatic carbocycles. The minimum absolute atomic E-state index is 0.108. The Hall–Kier alpha value is -2.03. The van der Waals surface area contributed by atoms with Gasteiger partial charge in [0.05, 0.1) is 12.2 Å². The molecular formula is C36H56O8. The van der Waals surface area contributed by atoms with Crippen LogP contribution in [0.3, 0.4) is 0 Å². The van der Waals surface area contributed by atoms with Gasteiger partial charge in [0.15, 0.2) is 11.4 Å². The summed E-state index contributed by atoms with van der Waals surface area (Å²) in [5, 5.41) is 34.8. The maximum absolute atomic E-state index is 13.3. The van der Waals surface area contributed by atoms with Gasteiger partial charge in [-0.15, -0.1) is 0 Å². The second kappa shape index (κ2) is 13.4. The predicted octanol–water partition coefficient (Wildman–Crippen LogP) is 5.75. The largest absolute Gasteiger partial charge is 0.458 e. The van der Waals surface area contributed by atoms with Crippen molar-refractivity contribution in [3.8, 4) is 0 Å². The molecule has 0 bridgehead atoms. The molecule has 8 atom stereocenters. The Labute approximate surface area is 263 Å². The zero-order valence-corrected chi connectivity index (χ0v) is 27.8. The van der Waals surface area contributed by atoms with E-state index in [0.29, 0.717) is 17.6 Å². The van der Waals surface area contributed by atoms with Gasteiger partial charge >= 0.3 is 11.9 Å². The van der Waals surface area contributed by atoms with Gasteiger partial charge in [0.25, 0.3) is 0 Å². The summed E-state index contributed by atoms with van der Waals surface area (Å²) in [5.41, 5.74) is -4.71. The molecule has 0 unspecified atom stereocenters. The van der Waals surface area contributed by atoms with Crippen LogP contribution >= 0.6 is 0 Å². The molecule has 0 amide bonds. The average Bonchev–Trinajstić information content (AvgIpc) is 3.38. The molecule has 2 saturated carbocycles. The first-order valence-electron chi connectivity index (χ1n) is 17.1. The number of unbranched alkanes of at least 4 members (excludes halogenated alkanes) is 10. The highest BCUT2D eigenvalue weighted by Gasteiger charge is 2.87. The maximum Gasteiger partial charge on any atom is 0.306 e. The van der Waals surface area contributed by atoms with Crippen molar-refractivity contribution < 1.29 is 39.2 Å². The van der Waals surface area contributed by atoms with E-state index in [2.05, 4.69) is 6.92 Å². The van der Waals surface area contributed by atoms with Crippen molar-refractivity contribution in [2.75, 3.05) is 6.61 Å². The number of carbonyl (C=O) groups is 3. The molecule has 8 nitrogen and oxygen atoms in total. The Morgan fingerprint density at radius 2 is 1.52 bits per heavy atom. The molecule has 0 aromatic rings. The lowest BCUT2D eigenvalue weighted by Gasteiger charge is -2.53. The molecule has 4 rings (SSSR count). The molecule has 248 valence electrons. The first-order valence-corrected chi connectivity index (χ1v) is 17.1. The summed E-state index contributed by atoms with van der Waals surface area (Å²) in [4.78, 5) is 39.1. The summed E-state index contributed by atoms with van der Waals surface area (Å²) in [5.74, 6) is -4.29. The third-order valence-corrected chi connectivity index (χ3v) is 11.5. The van der Waals surface area contributed by atoms with Crippen molar-refractivity contribution in [2.24, 2.45) is 29.1 Å². The van der Waals surface area contributed by atoms with Crippen LogP contribution in [0.15, 0.2) is 23.3 Å². The van der Waals surface area contributed by atoms with Crippen LogP contribution in [0.25, 0.3) is 0 Å². The van der Waals surface area contributed by atoms with E-state index in [0.717, 1.165) is 19.3 Å². The summed E-state index contributed by atoms with van der Waals surface area (Å²) in [7, 11) is 0. The maximum atomic E-state index is 13.3. The molecule has 0 spiro atoms. The number of hydrogen-bond donors (Lipinski definition) is 3. The van der Waals surface area contributed by atoms with Crippen molar-refractivity contribution in [1.29, 1.82) is 0 Å². The lowest BCUT2D eigenvalue weighted by Crippen LogP contribution is -2.66. The minimum Gasteiger partial charge on any atom is -0.458 e. The SMILES string of the molecule is CCCCCCCCCCCCCC(=O)O[C@H]1[C@@H](C)[C@@]2(O)[C@@H](C=C(CO)C[C@]3(O)C(=O)C(C)=C[C@@H]23)[C@H]2C(C)(C)[C@@]12OC(C)=O. The quantitative estimate of drug-likeness (QED) is 0.120. The molecule has 4 aliphatic rings. The number of carbonyl (C=O) groups excluding carboxylic acids is 3. The fourth-order valence-electron chi connectivity index (χ4n) is 9.20. The second-order valence-electron chi connectivity index (χ2n) is 14.7. The number of ether oxygens (including phenoxy) is 2. The Balaban J connectivity index is 1.51. The number of hydrogen-bond acceptors (Lipinski definition) is 8. The molecular weight excluding hydrogens is 560 g/mol. The molecule has 0 aromatic heterocycles. The monoisotopic (exact) mass is 616 g/mol. The van der Waals surface area contributed by atoms with Crippen molar-refractivity contribution in [3.63, 3.8) is 0 Å². The van der Waals surface area contributed by atoms with E-state index >= 15 is 0 Å². The van der Waals surface area contributed by atoms with E-state index < -0.39 is 69.7 Å². The first kappa shape index (κ1) is 34.8. The predicted molar refractivity (Wildman–Crippen MR) is 167 cm³/mol. The van der Waals surface area contributed by atoms with Crippen molar-refractivity contribution in [2.45, 2.75) is 148 Å². The van der Waals surface area contributed by atoms with E-state index in [-0.39, 0.29) is 19.4 Å². The smallest absolute Gasteiger partial charge is 0.306 e. The fourth-order valence-corrected chi connectivity index (χ4v) is 9.20. The third-order valence-electron chi connectivity index (χ3n) is 11.5. The molecule has 3 N–H and O–H groups in total. The first-order chi connectivity index (χ1) is 20.7. The van der Waals surface area contributed by atoms with Gasteiger partial charge in [-0.1, -0.05) is 104 Å². The van der Waals surface area contributed by atoms with Crippen LogP contribution in [0.1, 0.15) is 125 Å². The highest BCUT2D eigenvalue weighted by Crippen LogP contribution is 2.77. The zero-order chi connectivity index (χ0) is 32.5. The molecule has 0 heterocycles. The Morgan fingerprint density at radius 1 is 0.955 bits per heavy atom. The summed E-state index contributed by atoms with van der Waals surface area (Å²) >= 11 is 0. The second-order valence-corrected chi connectivity index (χ2v) is 14.7. The van der Waals surface area contributed by atoms with Crippen LogP contribution in [0.4, 0.5) is 0 Å². The highest BCUT2D eigenvalue weighted by atomic mass is 16.6. The van der Waals surface area contributed by atoms with E-state index in [1.165, 1.54) is 51.9 Å². The van der Waals surface area contributed by atoms with E-state index in [4.69, 9.17) is 9.47 Å². The molecule has 44 heavy (non-hydrogen) atoms. The topological polar surface area (TPSA) is 130 Å². The number of aliphatic hydroxyl groups excluding tert-OH is 1. The molecule has 2 fully saturated rings. The standard InChI is InChI=1S/C36H56O8/c1-7-8-9-10-11-12-13-14-15-16-17-18-29(39)43-32-24(3)35(42)27(30-33(5,6)36(30,32)44-25(4)38)20-26(22-37)21-34(41)28(35)19-23(2)31(34)40/h19-20,24,27-28,30,32,37,41-42H,7-18,21-22H2,1-6H3/t24-,27+,28-,30+,32+,34-,35-,36+/m1/s1. The summed E-state index contributed by atoms with van der Waals surface area (Å²) < 4.78 is 12.3. The summed E-state index contributed by atoms with van der Waals surface area (Å²) in [6.07, 6.45) is 15.4. The van der Waals surface area contributed by atoms with E-state index in [9.17, 15) is 29.7 Å². The van der Waals surface area contributed by atoms with Crippen molar-refractivity contribution in [1.82, 2.24) is 0 Å².